The first kappa shape index (κ1) is 12.7. The molecule has 1 fully saturated rings. The summed E-state index contributed by atoms with van der Waals surface area (Å²) in [5.41, 5.74) is 0.425. The van der Waals surface area contributed by atoms with E-state index in [9.17, 15) is 4.79 Å². The van der Waals surface area contributed by atoms with Gasteiger partial charge in [-0.1, -0.05) is 29.6 Å². The van der Waals surface area contributed by atoms with Gasteiger partial charge in [0.05, 0.1) is 10.6 Å². The molecule has 92 valence electrons. The Balaban J connectivity index is 2.09. The Kier molecular flexibility index (Phi) is 3.89. The van der Waals surface area contributed by atoms with Crippen LogP contribution in [0.4, 0.5) is 0 Å². The van der Waals surface area contributed by atoms with Gasteiger partial charge in [-0.2, -0.15) is 0 Å². The molecule has 17 heavy (non-hydrogen) atoms. The van der Waals surface area contributed by atoms with E-state index in [-0.39, 0.29) is 11.1 Å². The van der Waals surface area contributed by atoms with Gasteiger partial charge in [0.25, 0.3) is 5.91 Å². The Labute approximate surface area is 111 Å². The molecule has 3 nitrogen and oxygen atoms in total. The van der Waals surface area contributed by atoms with E-state index in [4.69, 9.17) is 23.2 Å². The molecule has 0 bridgehead atoms. The van der Waals surface area contributed by atoms with Crippen LogP contribution >= 0.6 is 23.2 Å². The maximum absolute atomic E-state index is 12.1. The molecule has 1 amide bonds. The van der Waals surface area contributed by atoms with Crippen molar-refractivity contribution in [3.05, 3.63) is 28.0 Å². The van der Waals surface area contributed by atoms with Crippen molar-refractivity contribution in [2.24, 2.45) is 5.92 Å². The lowest BCUT2D eigenvalue weighted by molar-refractivity contribution is 0.0745. The van der Waals surface area contributed by atoms with Crippen LogP contribution in [-0.2, 0) is 0 Å². The van der Waals surface area contributed by atoms with Crippen molar-refractivity contribution in [1.29, 1.82) is 0 Å². The highest BCUT2D eigenvalue weighted by Crippen LogP contribution is 2.27. The van der Waals surface area contributed by atoms with Gasteiger partial charge in [-0.15, -0.1) is 0 Å². The monoisotopic (exact) mass is 272 g/mol. The topological polar surface area (TPSA) is 33.2 Å². The summed E-state index contributed by atoms with van der Waals surface area (Å²) >= 11 is 11.7. The SMILES string of the molecule is CN(CC1CCC1)C(=O)c1cc(Cl)ncc1Cl. The number of hydrogen-bond acceptors (Lipinski definition) is 2. The number of rotatable bonds is 3. The van der Waals surface area contributed by atoms with Gasteiger partial charge in [0.2, 0.25) is 0 Å². The van der Waals surface area contributed by atoms with Crippen LogP contribution in [0.3, 0.4) is 0 Å². The summed E-state index contributed by atoms with van der Waals surface area (Å²) in [7, 11) is 1.80. The molecule has 5 heteroatoms. The second-order valence-electron chi connectivity index (χ2n) is 4.47. The lowest BCUT2D eigenvalue weighted by atomic mass is 9.85. The summed E-state index contributed by atoms with van der Waals surface area (Å²) in [6, 6.07) is 1.52. The van der Waals surface area contributed by atoms with Crippen LogP contribution in [-0.4, -0.2) is 29.4 Å². The lowest BCUT2D eigenvalue weighted by Crippen LogP contribution is -2.34. The third-order valence-corrected chi connectivity index (χ3v) is 3.66. The number of halogens is 2. The average molecular weight is 273 g/mol. The lowest BCUT2D eigenvalue weighted by Gasteiger charge is -2.30. The molecule has 0 aliphatic heterocycles. The predicted octanol–water partition coefficient (Wildman–Crippen LogP) is 3.26. The molecular weight excluding hydrogens is 259 g/mol. The number of carbonyl (C=O) groups is 1. The van der Waals surface area contributed by atoms with Crippen LogP contribution in [0.5, 0.6) is 0 Å². The van der Waals surface area contributed by atoms with Crippen molar-refractivity contribution < 1.29 is 4.79 Å². The molecule has 0 unspecified atom stereocenters. The van der Waals surface area contributed by atoms with E-state index in [1.54, 1.807) is 11.9 Å². The molecule has 0 aromatic carbocycles. The zero-order chi connectivity index (χ0) is 12.4. The molecule has 1 aromatic heterocycles. The smallest absolute Gasteiger partial charge is 0.255 e. The molecule has 2 rings (SSSR count). The highest BCUT2D eigenvalue weighted by atomic mass is 35.5. The Morgan fingerprint density at radius 1 is 1.53 bits per heavy atom. The number of hydrogen-bond donors (Lipinski definition) is 0. The predicted molar refractivity (Wildman–Crippen MR) is 68.6 cm³/mol. The summed E-state index contributed by atoms with van der Waals surface area (Å²) < 4.78 is 0. The number of nitrogens with zero attached hydrogens (tertiary/aromatic N) is 2. The van der Waals surface area contributed by atoms with Gasteiger partial charge >= 0.3 is 0 Å². The fourth-order valence-corrected chi connectivity index (χ4v) is 2.27. The molecule has 0 atom stereocenters. The van der Waals surface area contributed by atoms with Crippen LogP contribution in [0.1, 0.15) is 29.6 Å². The van der Waals surface area contributed by atoms with E-state index < -0.39 is 0 Å². The van der Waals surface area contributed by atoms with Crippen molar-refractivity contribution in [3.8, 4) is 0 Å². The third kappa shape index (κ3) is 2.90. The molecule has 0 spiro atoms. The molecule has 1 aliphatic carbocycles. The van der Waals surface area contributed by atoms with E-state index in [0.717, 1.165) is 6.54 Å². The minimum Gasteiger partial charge on any atom is -0.341 e. The Hall–Kier alpha value is -0.800. The van der Waals surface area contributed by atoms with E-state index >= 15 is 0 Å². The van der Waals surface area contributed by atoms with Crippen molar-refractivity contribution in [3.63, 3.8) is 0 Å². The summed E-state index contributed by atoms with van der Waals surface area (Å²) in [5.74, 6) is 0.547. The summed E-state index contributed by atoms with van der Waals surface area (Å²) in [5, 5.41) is 0.634. The molecule has 0 radical (unpaired) electrons. The molecule has 0 N–H and O–H groups in total. The Morgan fingerprint density at radius 2 is 2.24 bits per heavy atom. The first-order chi connectivity index (χ1) is 8.08. The second kappa shape index (κ2) is 5.23. The molecule has 1 saturated carbocycles. The quantitative estimate of drug-likeness (QED) is 0.792. The summed E-state index contributed by atoms with van der Waals surface area (Å²) in [6.07, 6.45) is 5.10. The Bertz CT molecular complexity index is 433. The van der Waals surface area contributed by atoms with Gasteiger partial charge in [-0.05, 0) is 24.8 Å². The van der Waals surface area contributed by atoms with Gasteiger partial charge in [0.1, 0.15) is 5.15 Å². The summed E-state index contributed by atoms with van der Waals surface area (Å²) in [6.45, 7) is 0.787. The second-order valence-corrected chi connectivity index (χ2v) is 5.26. The standard InChI is InChI=1S/C12H14Cl2N2O/c1-16(7-8-3-2-4-8)12(17)9-5-11(14)15-6-10(9)13/h5-6,8H,2-4,7H2,1H3. The van der Waals surface area contributed by atoms with Crippen molar-refractivity contribution in [2.45, 2.75) is 19.3 Å². The molecule has 1 aliphatic rings. The normalized spacial score (nSPS) is 15.5. The molecule has 1 heterocycles. The largest absolute Gasteiger partial charge is 0.341 e. The maximum atomic E-state index is 12.1. The van der Waals surface area contributed by atoms with Gasteiger partial charge in [0.15, 0.2) is 0 Å². The number of aromatic nitrogens is 1. The van der Waals surface area contributed by atoms with Crippen LogP contribution in [0.2, 0.25) is 10.2 Å². The average Bonchev–Trinajstić information content (AvgIpc) is 2.25. The minimum absolute atomic E-state index is 0.0915. The van der Waals surface area contributed by atoms with Crippen LogP contribution in [0.25, 0.3) is 0 Å². The van der Waals surface area contributed by atoms with Gasteiger partial charge < -0.3 is 4.90 Å². The molecule has 0 saturated heterocycles. The van der Waals surface area contributed by atoms with Crippen LogP contribution < -0.4 is 0 Å². The van der Waals surface area contributed by atoms with Crippen LogP contribution in [0.15, 0.2) is 12.3 Å². The van der Waals surface area contributed by atoms with Gasteiger partial charge in [0, 0.05) is 19.8 Å². The number of pyridine rings is 1. The van der Waals surface area contributed by atoms with E-state index in [2.05, 4.69) is 4.98 Å². The number of carbonyl (C=O) groups excluding carboxylic acids is 1. The van der Waals surface area contributed by atoms with E-state index in [1.165, 1.54) is 31.5 Å². The molecular formula is C12H14Cl2N2O. The van der Waals surface area contributed by atoms with Gasteiger partial charge in [-0.3, -0.25) is 4.79 Å². The highest BCUT2D eigenvalue weighted by Gasteiger charge is 2.23. The Morgan fingerprint density at radius 3 is 2.82 bits per heavy atom. The third-order valence-electron chi connectivity index (χ3n) is 3.16. The fourth-order valence-electron chi connectivity index (χ4n) is 1.93. The van der Waals surface area contributed by atoms with E-state index in [0.29, 0.717) is 16.5 Å². The first-order valence-corrected chi connectivity index (χ1v) is 6.40. The zero-order valence-electron chi connectivity index (χ0n) is 9.62. The maximum Gasteiger partial charge on any atom is 0.255 e. The van der Waals surface area contributed by atoms with Crippen molar-refractivity contribution in [2.75, 3.05) is 13.6 Å². The van der Waals surface area contributed by atoms with Gasteiger partial charge in [-0.25, -0.2) is 4.98 Å². The zero-order valence-corrected chi connectivity index (χ0v) is 11.1. The molecule has 1 aromatic rings. The van der Waals surface area contributed by atoms with Crippen molar-refractivity contribution >= 4 is 29.1 Å². The minimum atomic E-state index is -0.0915. The highest BCUT2D eigenvalue weighted by molar-refractivity contribution is 6.35. The summed E-state index contributed by atoms with van der Waals surface area (Å²) in [4.78, 5) is 17.7. The van der Waals surface area contributed by atoms with E-state index in [1.807, 2.05) is 0 Å². The first-order valence-electron chi connectivity index (χ1n) is 5.64. The van der Waals surface area contributed by atoms with Crippen molar-refractivity contribution in [1.82, 2.24) is 9.88 Å². The number of amides is 1. The fraction of sp³-hybridized carbons (Fsp3) is 0.500. The van der Waals surface area contributed by atoms with Crippen LogP contribution in [0, 0.1) is 5.92 Å².